The molecular formula is C48H74NO7+. The third kappa shape index (κ3) is 35.4. The Kier molecular flexibility index (Phi) is 34.8. The number of rotatable bonds is 34. The molecule has 312 valence electrons. The Morgan fingerprint density at radius 3 is 1.41 bits per heavy atom. The Hall–Kier alpha value is -4.27. The number of aliphatic carboxylic acids is 1. The van der Waals surface area contributed by atoms with Crippen LogP contribution in [-0.4, -0.2) is 80.6 Å². The van der Waals surface area contributed by atoms with Crippen molar-refractivity contribution in [2.24, 2.45) is 0 Å². The van der Waals surface area contributed by atoms with Crippen molar-refractivity contribution >= 4 is 17.9 Å². The highest BCUT2D eigenvalue weighted by atomic mass is 16.6. The summed E-state index contributed by atoms with van der Waals surface area (Å²) in [4.78, 5) is 36.9. The van der Waals surface area contributed by atoms with E-state index in [0.717, 1.165) is 70.6 Å². The summed E-state index contributed by atoms with van der Waals surface area (Å²) in [7, 11) is 5.48. The van der Waals surface area contributed by atoms with Gasteiger partial charge in [0.1, 0.15) is 6.61 Å². The number of ether oxygens (including phenoxy) is 3. The molecule has 8 nitrogen and oxygen atoms in total. The maximum Gasteiger partial charge on any atom is 0.362 e. The van der Waals surface area contributed by atoms with Crippen LogP contribution in [0.5, 0.6) is 0 Å². The lowest BCUT2D eigenvalue weighted by molar-refractivity contribution is -0.887. The van der Waals surface area contributed by atoms with E-state index in [1.165, 1.54) is 0 Å². The van der Waals surface area contributed by atoms with Crippen molar-refractivity contribution in [3.8, 4) is 0 Å². The van der Waals surface area contributed by atoms with E-state index in [2.05, 4.69) is 44.2 Å². The summed E-state index contributed by atoms with van der Waals surface area (Å²) in [5.41, 5.74) is 0. The molecular weight excluding hydrogens is 703 g/mol. The molecule has 0 bridgehead atoms. The van der Waals surface area contributed by atoms with Crippen molar-refractivity contribution in [3.63, 3.8) is 0 Å². The van der Waals surface area contributed by atoms with Crippen LogP contribution in [0.25, 0.3) is 0 Å². The Morgan fingerprint density at radius 2 is 0.946 bits per heavy atom. The van der Waals surface area contributed by atoms with E-state index in [1.54, 1.807) is 0 Å². The molecule has 0 aromatic heterocycles. The Morgan fingerprint density at radius 1 is 0.536 bits per heavy atom. The molecule has 0 rings (SSSR count). The molecule has 2 unspecified atom stereocenters. The van der Waals surface area contributed by atoms with E-state index >= 15 is 0 Å². The van der Waals surface area contributed by atoms with Crippen molar-refractivity contribution in [1.29, 1.82) is 0 Å². The summed E-state index contributed by atoms with van der Waals surface area (Å²) in [6.07, 6.45) is 52.4. The van der Waals surface area contributed by atoms with E-state index in [-0.39, 0.29) is 49.1 Å². The van der Waals surface area contributed by atoms with Crippen LogP contribution in [0, 0.1) is 0 Å². The van der Waals surface area contributed by atoms with Crippen LogP contribution in [0.1, 0.15) is 110 Å². The summed E-state index contributed by atoms with van der Waals surface area (Å²) in [5, 5.41) is 9.61. The molecule has 0 fully saturated rings. The number of carboxylic acid groups (broad SMARTS) is 1. The van der Waals surface area contributed by atoms with Gasteiger partial charge in [0.15, 0.2) is 12.1 Å². The number of quaternary nitrogens is 1. The molecule has 0 aromatic carbocycles. The summed E-state index contributed by atoms with van der Waals surface area (Å²) in [6.45, 7) is 4.34. The van der Waals surface area contributed by atoms with Crippen LogP contribution in [0.4, 0.5) is 0 Å². The van der Waals surface area contributed by atoms with Crippen molar-refractivity contribution < 1.29 is 38.2 Å². The number of likely N-dealkylation sites (N-methyl/N-ethyl adjacent to an activating group) is 1. The van der Waals surface area contributed by atoms with Gasteiger partial charge in [-0.15, -0.1) is 0 Å². The van der Waals surface area contributed by atoms with Gasteiger partial charge >= 0.3 is 17.9 Å². The average molecular weight is 777 g/mol. The second-order valence-corrected chi connectivity index (χ2v) is 14.4. The molecule has 0 heterocycles. The maximum atomic E-state index is 12.7. The fourth-order valence-electron chi connectivity index (χ4n) is 5.19. The molecule has 8 heteroatoms. The zero-order chi connectivity index (χ0) is 41.4. The number of allylic oxidation sites excluding steroid dienone is 20. The van der Waals surface area contributed by atoms with E-state index in [9.17, 15) is 19.5 Å². The molecule has 0 spiro atoms. The zero-order valence-electron chi connectivity index (χ0n) is 35.3. The molecule has 0 amide bonds. The highest BCUT2D eigenvalue weighted by molar-refractivity contribution is 5.72. The molecule has 2 atom stereocenters. The van der Waals surface area contributed by atoms with Crippen LogP contribution in [0.15, 0.2) is 122 Å². The number of carboxylic acids is 1. The number of unbranched alkanes of at least 4 members (excludes halogenated alkanes) is 8. The minimum atomic E-state index is -0.894. The highest BCUT2D eigenvalue weighted by Crippen LogP contribution is 2.12. The first-order valence-electron chi connectivity index (χ1n) is 20.7. The first-order chi connectivity index (χ1) is 27.1. The predicted octanol–water partition coefficient (Wildman–Crippen LogP) is 11.1. The number of carbonyl (C=O) groups excluding carboxylic acids is 2. The van der Waals surface area contributed by atoms with E-state index in [4.69, 9.17) is 14.2 Å². The zero-order valence-corrected chi connectivity index (χ0v) is 35.3. The van der Waals surface area contributed by atoms with Gasteiger partial charge in [-0.25, -0.2) is 4.79 Å². The van der Waals surface area contributed by atoms with Gasteiger partial charge < -0.3 is 23.8 Å². The first-order valence-corrected chi connectivity index (χ1v) is 20.7. The first kappa shape index (κ1) is 51.7. The van der Waals surface area contributed by atoms with Gasteiger partial charge in [-0.3, -0.25) is 9.59 Å². The van der Waals surface area contributed by atoms with Gasteiger partial charge in [0.2, 0.25) is 0 Å². The number of hydrogen-bond acceptors (Lipinski definition) is 6. The van der Waals surface area contributed by atoms with Gasteiger partial charge in [0.05, 0.1) is 34.4 Å². The molecule has 0 saturated carbocycles. The standard InChI is InChI=1S/C48H73NO7/c1-6-8-10-12-14-16-18-20-22-23-25-26-28-30-32-34-36-38-46(50)55-43-44(42-54-41-40-45(48(52)53)49(3,4)5)56-47(51)39-37-35-33-31-29-27-24-21-19-17-15-13-11-9-7-2/h8-26,28,44-45H,6-7,27,29-43H2,1-5H3/p+1/b10-8+,11-9+,14-12+,15-13+,18-16+,19-17+,22-20+,24-21+,25-23+,28-26+. The normalized spacial score (nSPS) is 14.2. The van der Waals surface area contributed by atoms with Gasteiger partial charge in [-0.05, 0) is 51.4 Å². The second kappa shape index (κ2) is 37.6. The van der Waals surface area contributed by atoms with Gasteiger partial charge in [-0.2, -0.15) is 0 Å². The fraction of sp³-hybridized carbons (Fsp3) is 0.521. The molecule has 0 saturated heterocycles. The monoisotopic (exact) mass is 777 g/mol. The SMILES string of the molecule is CC/C=C/C=C/C=C/C=C/C=C/C=C/CCCCCC(=O)OCC(COCCC(C(=O)O)[N+](C)(C)C)OC(=O)CCCCCCC/C=C/C=C/C=C/C=C/CC. The van der Waals surface area contributed by atoms with Gasteiger partial charge in [-0.1, -0.05) is 161 Å². The predicted molar refractivity (Wildman–Crippen MR) is 233 cm³/mol. The Labute approximate surface area is 340 Å². The second-order valence-electron chi connectivity index (χ2n) is 14.4. The number of hydrogen-bond donors (Lipinski definition) is 1. The molecule has 0 aliphatic rings. The number of esters is 2. The van der Waals surface area contributed by atoms with Crippen molar-refractivity contribution in [2.45, 2.75) is 122 Å². The third-order valence-electron chi connectivity index (χ3n) is 8.36. The largest absolute Gasteiger partial charge is 0.477 e. The maximum absolute atomic E-state index is 12.7. The van der Waals surface area contributed by atoms with Gasteiger partial charge in [0, 0.05) is 19.3 Å². The van der Waals surface area contributed by atoms with Crippen LogP contribution in [-0.2, 0) is 28.6 Å². The quantitative estimate of drug-likeness (QED) is 0.0301. The lowest BCUT2D eigenvalue weighted by Crippen LogP contribution is -2.50. The lowest BCUT2D eigenvalue weighted by Gasteiger charge is -2.31. The smallest absolute Gasteiger partial charge is 0.362 e. The molecule has 0 radical (unpaired) electrons. The number of nitrogens with zero attached hydrogens (tertiary/aromatic N) is 1. The average Bonchev–Trinajstić information content (AvgIpc) is 3.15. The summed E-state index contributed by atoms with van der Waals surface area (Å²) in [5.74, 6) is -1.58. The van der Waals surface area contributed by atoms with Gasteiger partial charge in [0.25, 0.3) is 0 Å². The minimum absolute atomic E-state index is 0.0267. The van der Waals surface area contributed by atoms with Crippen molar-refractivity contribution in [2.75, 3.05) is 41.0 Å². The summed E-state index contributed by atoms with van der Waals surface area (Å²) < 4.78 is 17.2. The summed E-state index contributed by atoms with van der Waals surface area (Å²) >= 11 is 0. The Bertz CT molecular complexity index is 1320. The van der Waals surface area contributed by atoms with E-state index in [0.29, 0.717) is 12.8 Å². The van der Waals surface area contributed by atoms with Crippen molar-refractivity contribution in [3.05, 3.63) is 122 Å². The molecule has 0 aliphatic carbocycles. The van der Waals surface area contributed by atoms with Crippen molar-refractivity contribution in [1.82, 2.24) is 0 Å². The van der Waals surface area contributed by atoms with Crippen LogP contribution in [0.3, 0.4) is 0 Å². The molecule has 0 aromatic rings. The third-order valence-corrected chi connectivity index (χ3v) is 8.36. The lowest BCUT2D eigenvalue weighted by atomic mass is 10.1. The minimum Gasteiger partial charge on any atom is -0.477 e. The fourth-order valence-corrected chi connectivity index (χ4v) is 5.19. The Balaban J connectivity index is 4.56. The van der Waals surface area contributed by atoms with E-state index < -0.39 is 18.1 Å². The molecule has 0 aliphatic heterocycles. The van der Waals surface area contributed by atoms with E-state index in [1.807, 2.05) is 112 Å². The summed E-state index contributed by atoms with van der Waals surface area (Å²) in [6, 6.07) is -0.634. The topological polar surface area (TPSA) is 99.1 Å². The van der Waals surface area contributed by atoms with Crippen LogP contribution in [0.2, 0.25) is 0 Å². The van der Waals surface area contributed by atoms with Crippen LogP contribution >= 0.6 is 0 Å². The molecule has 56 heavy (non-hydrogen) atoms. The molecule has 1 N–H and O–H groups in total. The highest BCUT2D eigenvalue weighted by Gasteiger charge is 2.31. The number of carbonyl (C=O) groups is 3. The van der Waals surface area contributed by atoms with Crippen LogP contribution < -0.4 is 0 Å².